The smallest absolute Gasteiger partial charge is 0.157 e. The molecule has 33 heavy (non-hydrogen) atoms. The van der Waals surface area contributed by atoms with Crippen molar-refractivity contribution in [1.82, 2.24) is 9.38 Å². The van der Waals surface area contributed by atoms with Gasteiger partial charge in [0.15, 0.2) is 5.65 Å². The van der Waals surface area contributed by atoms with Gasteiger partial charge in [-0.3, -0.25) is 4.40 Å². The second-order valence-corrected chi connectivity index (χ2v) is 9.09. The van der Waals surface area contributed by atoms with Gasteiger partial charge in [-0.05, 0) is 62.1 Å². The molecule has 0 aliphatic carbocycles. The first-order valence-corrected chi connectivity index (χ1v) is 12.0. The van der Waals surface area contributed by atoms with E-state index in [1.165, 1.54) is 22.6 Å². The normalized spacial score (nSPS) is 14.2. The zero-order valence-corrected chi connectivity index (χ0v) is 19.8. The maximum atomic E-state index is 10.0. The van der Waals surface area contributed by atoms with Crippen molar-refractivity contribution in [2.45, 2.75) is 40.0 Å². The third kappa shape index (κ3) is 3.70. The van der Waals surface area contributed by atoms with E-state index in [-0.39, 0.29) is 0 Å². The number of unbranched alkanes of at least 4 members (excludes halogenated alkanes) is 1. The Morgan fingerprint density at radius 2 is 1.64 bits per heavy atom. The largest absolute Gasteiger partial charge is 0.368 e. The number of aromatic nitrogens is 2. The van der Waals surface area contributed by atoms with Crippen LogP contribution in [-0.2, 0) is 6.42 Å². The number of piperazine rings is 1. The van der Waals surface area contributed by atoms with Crippen molar-refractivity contribution in [3.05, 3.63) is 70.8 Å². The summed E-state index contributed by atoms with van der Waals surface area (Å²) in [5.41, 5.74) is 8.49. The van der Waals surface area contributed by atoms with Crippen LogP contribution in [0.25, 0.3) is 16.7 Å². The number of hydrogen-bond donors (Lipinski definition) is 0. The number of fused-ring (bicyclic) bond motifs is 3. The summed E-state index contributed by atoms with van der Waals surface area (Å²) in [6.45, 7) is 10.3. The molecular weight excluding hydrogens is 406 g/mol. The van der Waals surface area contributed by atoms with Gasteiger partial charge in [0.25, 0.3) is 0 Å². The highest BCUT2D eigenvalue weighted by Gasteiger charge is 2.26. The van der Waals surface area contributed by atoms with Crippen LogP contribution in [-0.4, -0.2) is 35.6 Å². The van der Waals surface area contributed by atoms with Crippen molar-refractivity contribution in [3.8, 4) is 6.07 Å². The van der Waals surface area contributed by atoms with Gasteiger partial charge in [-0.15, -0.1) is 0 Å². The molecule has 0 saturated carbocycles. The maximum Gasteiger partial charge on any atom is 0.157 e. The molecule has 5 rings (SSSR count). The van der Waals surface area contributed by atoms with E-state index >= 15 is 0 Å². The molecule has 0 spiro atoms. The Morgan fingerprint density at radius 1 is 0.939 bits per heavy atom. The van der Waals surface area contributed by atoms with Crippen molar-refractivity contribution in [1.29, 1.82) is 5.26 Å². The van der Waals surface area contributed by atoms with E-state index in [0.717, 1.165) is 67.7 Å². The SMILES string of the molecule is CCCCc1c(C)c(C#N)c2nc3ccccc3n2c1N1CCN(c2ccc(C)cc2)CC1. The van der Waals surface area contributed by atoms with Crippen LogP contribution in [0.2, 0.25) is 0 Å². The zero-order valence-electron chi connectivity index (χ0n) is 19.8. The monoisotopic (exact) mass is 437 g/mol. The van der Waals surface area contributed by atoms with Crippen LogP contribution < -0.4 is 9.80 Å². The summed E-state index contributed by atoms with van der Waals surface area (Å²) in [5, 5.41) is 10.0. The number of anilines is 2. The number of pyridine rings is 1. The molecule has 0 radical (unpaired) electrons. The number of rotatable bonds is 5. The summed E-state index contributed by atoms with van der Waals surface area (Å²) in [4.78, 5) is 9.89. The lowest BCUT2D eigenvalue weighted by Crippen LogP contribution is -2.47. The average Bonchev–Trinajstić information content (AvgIpc) is 3.22. The van der Waals surface area contributed by atoms with Gasteiger partial charge >= 0.3 is 0 Å². The Balaban J connectivity index is 1.62. The topological polar surface area (TPSA) is 47.6 Å². The quantitative estimate of drug-likeness (QED) is 0.405. The lowest BCUT2D eigenvalue weighted by molar-refractivity contribution is 0.640. The van der Waals surface area contributed by atoms with Gasteiger partial charge in [0, 0.05) is 31.9 Å². The number of aryl methyl sites for hydroxylation is 1. The van der Waals surface area contributed by atoms with Crippen LogP contribution in [0.4, 0.5) is 11.5 Å². The molecule has 2 aromatic carbocycles. The molecular formula is C28H31N5. The van der Waals surface area contributed by atoms with E-state index in [0.29, 0.717) is 5.56 Å². The minimum atomic E-state index is 0.708. The molecule has 1 aliphatic rings. The van der Waals surface area contributed by atoms with Gasteiger partial charge in [0.05, 0.1) is 16.6 Å². The minimum Gasteiger partial charge on any atom is -0.368 e. The molecule has 0 bridgehead atoms. The van der Waals surface area contributed by atoms with Crippen molar-refractivity contribution in [3.63, 3.8) is 0 Å². The number of para-hydroxylation sites is 2. The molecule has 0 atom stereocenters. The summed E-state index contributed by atoms with van der Waals surface area (Å²) in [5.74, 6) is 1.23. The number of nitriles is 1. The highest BCUT2D eigenvalue weighted by molar-refractivity contribution is 5.86. The molecule has 3 heterocycles. The van der Waals surface area contributed by atoms with Crippen LogP contribution in [0.3, 0.4) is 0 Å². The Hall–Kier alpha value is -3.52. The first-order valence-electron chi connectivity index (χ1n) is 12.0. The second kappa shape index (κ2) is 8.78. The summed E-state index contributed by atoms with van der Waals surface area (Å²) in [6, 6.07) is 19.6. The molecule has 2 aromatic heterocycles. The Morgan fingerprint density at radius 3 is 2.33 bits per heavy atom. The van der Waals surface area contributed by atoms with E-state index in [2.05, 4.69) is 77.4 Å². The Kier molecular flexibility index (Phi) is 5.68. The highest BCUT2D eigenvalue weighted by atomic mass is 15.3. The van der Waals surface area contributed by atoms with Gasteiger partial charge in [-0.2, -0.15) is 5.26 Å². The van der Waals surface area contributed by atoms with Crippen LogP contribution in [0.1, 0.15) is 42.0 Å². The van der Waals surface area contributed by atoms with E-state index in [1.54, 1.807) is 0 Å². The van der Waals surface area contributed by atoms with Crippen molar-refractivity contribution in [2.75, 3.05) is 36.0 Å². The molecule has 5 heteroatoms. The van der Waals surface area contributed by atoms with Gasteiger partial charge in [-0.1, -0.05) is 43.2 Å². The van der Waals surface area contributed by atoms with Crippen molar-refractivity contribution >= 4 is 28.2 Å². The van der Waals surface area contributed by atoms with Gasteiger partial charge < -0.3 is 9.80 Å². The first-order chi connectivity index (χ1) is 16.1. The van der Waals surface area contributed by atoms with Crippen LogP contribution in [0.15, 0.2) is 48.5 Å². The summed E-state index contributed by atoms with van der Waals surface area (Å²) < 4.78 is 2.26. The molecule has 0 N–H and O–H groups in total. The van der Waals surface area contributed by atoms with Crippen molar-refractivity contribution < 1.29 is 0 Å². The van der Waals surface area contributed by atoms with Gasteiger partial charge in [0.2, 0.25) is 0 Å². The number of nitrogens with zero attached hydrogens (tertiary/aromatic N) is 5. The zero-order chi connectivity index (χ0) is 22.9. The third-order valence-corrected chi connectivity index (χ3v) is 6.96. The molecule has 1 fully saturated rings. The predicted molar refractivity (Wildman–Crippen MR) is 136 cm³/mol. The fourth-order valence-corrected chi connectivity index (χ4v) is 5.08. The van der Waals surface area contributed by atoms with E-state index in [9.17, 15) is 5.26 Å². The summed E-state index contributed by atoms with van der Waals surface area (Å²) in [6.07, 6.45) is 3.22. The molecule has 4 aromatic rings. The van der Waals surface area contributed by atoms with E-state index in [1.807, 2.05) is 12.1 Å². The number of imidazole rings is 1. The fourth-order valence-electron chi connectivity index (χ4n) is 5.08. The second-order valence-electron chi connectivity index (χ2n) is 9.09. The molecule has 168 valence electrons. The molecule has 1 aliphatic heterocycles. The van der Waals surface area contributed by atoms with Crippen molar-refractivity contribution in [2.24, 2.45) is 0 Å². The van der Waals surface area contributed by atoms with E-state index < -0.39 is 0 Å². The van der Waals surface area contributed by atoms with Gasteiger partial charge in [-0.25, -0.2) is 4.98 Å². The Labute approximate surface area is 195 Å². The predicted octanol–water partition coefficient (Wildman–Crippen LogP) is 5.65. The lowest BCUT2D eigenvalue weighted by atomic mass is 9.99. The summed E-state index contributed by atoms with van der Waals surface area (Å²) in [7, 11) is 0. The minimum absolute atomic E-state index is 0.708. The van der Waals surface area contributed by atoms with Crippen LogP contribution in [0.5, 0.6) is 0 Å². The first kappa shape index (κ1) is 21.3. The highest BCUT2D eigenvalue weighted by Crippen LogP contribution is 2.35. The summed E-state index contributed by atoms with van der Waals surface area (Å²) >= 11 is 0. The molecule has 0 unspecified atom stereocenters. The number of benzene rings is 2. The average molecular weight is 438 g/mol. The lowest BCUT2D eigenvalue weighted by Gasteiger charge is -2.39. The Bertz CT molecular complexity index is 1340. The maximum absolute atomic E-state index is 10.0. The van der Waals surface area contributed by atoms with E-state index in [4.69, 9.17) is 4.98 Å². The molecule has 0 amide bonds. The van der Waals surface area contributed by atoms with Crippen LogP contribution >= 0.6 is 0 Å². The molecule has 5 nitrogen and oxygen atoms in total. The van der Waals surface area contributed by atoms with Crippen LogP contribution in [0, 0.1) is 25.2 Å². The third-order valence-electron chi connectivity index (χ3n) is 6.96. The molecule has 1 saturated heterocycles. The standard InChI is InChI=1S/C28H31N5/c1-4-5-8-23-21(3)24(19-29)27-30-25-9-6-7-10-26(25)33(27)28(23)32-17-15-31(16-18-32)22-13-11-20(2)12-14-22/h6-7,9-14H,4-5,8,15-18H2,1-3H3. The number of hydrogen-bond acceptors (Lipinski definition) is 4. The fraction of sp³-hybridized carbons (Fsp3) is 0.357. The van der Waals surface area contributed by atoms with Gasteiger partial charge in [0.1, 0.15) is 11.9 Å².